The van der Waals surface area contributed by atoms with Crippen LogP contribution in [0.5, 0.6) is 0 Å². The Balaban J connectivity index is 0.000000725. The molecule has 1 N–H and O–H groups in total. The highest BCUT2D eigenvalue weighted by atomic mass is 16.6. The van der Waals surface area contributed by atoms with Gasteiger partial charge in [0.15, 0.2) is 6.10 Å². The van der Waals surface area contributed by atoms with Crippen molar-refractivity contribution in [2.75, 3.05) is 13.2 Å². The fourth-order valence-corrected chi connectivity index (χ4v) is 2.49. The maximum Gasteiger partial charge on any atom is 0.340 e. The first-order valence-electron chi connectivity index (χ1n) is 13.0. The van der Waals surface area contributed by atoms with Crippen molar-refractivity contribution in [1.29, 1.82) is 0 Å². The summed E-state index contributed by atoms with van der Waals surface area (Å²) in [5.41, 5.74) is 3.15. The van der Waals surface area contributed by atoms with E-state index >= 15 is 0 Å². The molecule has 2 rings (SSSR count). The Bertz CT molecular complexity index is 1230. The number of ether oxygens (including phenoxy) is 3. The Morgan fingerprint density at radius 1 is 0.786 bits per heavy atom. The van der Waals surface area contributed by atoms with Crippen molar-refractivity contribution in [3.05, 3.63) is 120 Å². The topological polar surface area (TPSA) is 116 Å². The summed E-state index contributed by atoms with van der Waals surface area (Å²) < 4.78 is 14.4. The third kappa shape index (κ3) is 16.3. The summed E-state index contributed by atoms with van der Waals surface area (Å²) in [6.45, 7) is 19.5. The van der Waals surface area contributed by atoms with Gasteiger partial charge in [0, 0.05) is 22.3 Å². The summed E-state index contributed by atoms with van der Waals surface area (Å²) in [6.07, 6.45) is 3.08. The zero-order chi connectivity index (χ0) is 32.1. The number of benzene rings is 2. The summed E-state index contributed by atoms with van der Waals surface area (Å²) in [6, 6.07) is 19.4. The van der Waals surface area contributed by atoms with E-state index in [2.05, 4.69) is 31.1 Å². The number of carbonyl (C=O) groups is 4. The Kier molecular flexibility index (Phi) is 18.6. The monoisotopic (exact) mass is 576 g/mol. The molecule has 42 heavy (non-hydrogen) atoms. The SMILES string of the molecule is C=C(C)C(=O)OC(=O)C(=C)C.C=C(CC)C(=O)OCC(CO)OC(=O)C(C)=Cc1ccccc1.C=Cc1ccccc1. The van der Waals surface area contributed by atoms with Gasteiger partial charge in [-0.1, -0.05) is 100.0 Å². The number of hydrogen-bond donors (Lipinski definition) is 1. The molecule has 224 valence electrons. The molecule has 0 fully saturated rings. The zero-order valence-electron chi connectivity index (χ0n) is 24.8. The van der Waals surface area contributed by atoms with Crippen LogP contribution in [-0.4, -0.2) is 48.3 Å². The smallest absolute Gasteiger partial charge is 0.340 e. The molecule has 0 aliphatic rings. The van der Waals surface area contributed by atoms with E-state index in [4.69, 9.17) is 9.47 Å². The lowest BCUT2D eigenvalue weighted by molar-refractivity contribution is -0.156. The number of esters is 4. The van der Waals surface area contributed by atoms with Crippen molar-refractivity contribution in [3.8, 4) is 0 Å². The van der Waals surface area contributed by atoms with Crippen LogP contribution in [0, 0.1) is 0 Å². The predicted octanol–water partition coefficient (Wildman–Crippen LogP) is 6.04. The molecule has 0 aliphatic carbocycles. The maximum absolute atomic E-state index is 12.0. The van der Waals surface area contributed by atoms with Gasteiger partial charge in [-0.3, -0.25) is 0 Å². The number of aliphatic hydroxyl groups excluding tert-OH is 1. The van der Waals surface area contributed by atoms with Crippen LogP contribution in [0.3, 0.4) is 0 Å². The van der Waals surface area contributed by atoms with Gasteiger partial charge in [-0.15, -0.1) is 0 Å². The Morgan fingerprint density at radius 2 is 1.26 bits per heavy atom. The number of carbonyl (C=O) groups excluding carboxylic acids is 4. The molecule has 0 spiro atoms. The van der Waals surface area contributed by atoms with Gasteiger partial charge in [0.2, 0.25) is 0 Å². The van der Waals surface area contributed by atoms with E-state index in [1.54, 1.807) is 19.9 Å². The third-order valence-corrected chi connectivity index (χ3v) is 5.02. The molecular formula is C34H40O8. The van der Waals surface area contributed by atoms with Crippen molar-refractivity contribution in [2.24, 2.45) is 0 Å². The average Bonchev–Trinajstić information content (AvgIpc) is 2.99. The Morgan fingerprint density at radius 3 is 1.64 bits per heavy atom. The molecule has 8 heteroatoms. The van der Waals surface area contributed by atoms with E-state index in [0.29, 0.717) is 17.6 Å². The fourth-order valence-electron chi connectivity index (χ4n) is 2.49. The molecule has 0 amide bonds. The lowest BCUT2D eigenvalue weighted by Crippen LogP contribution is -2.29. The number of hydrogen-bond acceptors (Lipinski definition) is 8. The van der Waals surface area contributed by atoms with Crippen LogP contribution >= 0.6 is 0 Å². The van der Waals surface area contributed by atoms with Gasteiger partial charge < -0.3 is 19.3 Å². The largest absolute Gasteiger partial charge is 0.458 e. The molecule has 1 atom stereocenters. The highest BCUT2D eigenvalue weighted by Crippen LogP contribution is 2.09. The molecule has 0 saturated heterocycles. The first kappa shape index (κ1) is 37.2. The van der Waals surface area contributed by atoms with Crippen LogP contribution < -0.4 is 0 Å². The van der Waals surface area contributed by atoms with Gasteiger partial charge in [-0.2, -0.15) is 0 Å². The number of rotatable bonds is 11. The molecule has 0 bridgehead atoms. The van der Waals surface area contributed by atoms with Crippen LogP contribution in [0.15, 0.2) is 109 Å². The molecule has 2 aromatic carbocycles. The maximum atomic E-state index is 12.0. The second kappa shape index (κ2) is 21.0. The molecule has 0 radical (unpaired) electrons. The van der Waals surface area contributed by atoms with Crippen LogP contribution in [0.4, 0.5) is 0 Å². The normalized spacial score (nSPS) is 10.6. The molecule has 0 aliphatic heterocycles. The second-order valence-corrected chi connectivity index (χ2v) is 8.86. The highest BCUT2D eigenvalue weighted by Gasteiger charge is 2.18. The van der Waals surface area contributed by atoms with Crippen molar-refractivity contribution in [1.82, 2.24) is 0 Å². The van der Waals surface area contributed by atoms with Gasteiger partial charge in [0.05, 0.1) is 6.61 Å². The molecule has 0 aromatic heterocycles. The summed E-state index contributed by atoms with van der Waals surface area (Å²) in [5, 5.41) is 9.24. The Hall–Kier alpha value is -4.82. The van der Waals surface area contributed by atoms with E-state index < -0.39 is 36.6 Å². The molecule has 1 unspecified atom stereocenters. The van der Waals surface area contributed by atoms with E-state index in [9.17, 15) is 24.3 Å². The quantitative estimate of drug-likeness (QED) is 0.149. The zero-order valence-corrected chi connectivity index (χ0v) is 24.8. The minimum Gasteiger partial charge on any atom is -0.458 e. The summed E-state index contributed by atoms with van der Waals surface area (Å²) >= 11 is 0. The van der Waals surface area contributed by atoms with E-state index in [1.165, 1.54) is 19.4 Å². The lowest BCUT2D eigenvalue weighted by Gasteiger charge is -2.16. The third-order valence-electron chi connectivity index (χ3n) is 5.02. The number of aliphatic hydroxyl groups is 1. The molecule has 0 heterocycles. The second-order valence-electron chi connectivity index (χ2n) is 8.86. The standard InChI is InChI=1S/C18H22O5.C8H10O3.C8H8/c1-4-13(2)17(20)22-12-16(11-19)23-18(21)14(3)10-15-8-6-5-7-9-15;1-5(2)7(9)11-8(10)6(3)4;1-2-8-6-4-3-5-7-8/h5-10,16,19H,2,4,11-12H2,1,3H3;1,3H2,2,4H3;2-7H,1H2. The van der Waals surface area contributed by atoms with Gasteiger partial charge in [0.25, 0.3) is 0 Å². The van der Waals surface area contributed by atoms with E-state index in [0.717, 1.165) is 5.56 Å². The predicted molar refractivity (Wildman–Crippen MR) is 165 cm³/mol. The molecule has 2 aromatic rings. The molecule has 8 nitrogen and oxygen atoms in total. The minimum absolute atomic E-state index is 0.194. The van der Waals surface area contributed by atoms with E-state index in [1.807, 2.05) is 66.7 Å². The van der Waals surface area contributed by atoms with Crippen LogP contribution in [0.25, 0.3) is 12.2 Å². The van der Waals surface area contributed by atoms with Crippen molar-refractivity contribution >= 4 is 36.0 Å². The highest BCUT2D eigenvalue weighted by molar-refractivity contribution is 6.00. The van der Waals surface area contributed by atoms with Gasteiger partial charge in [0.1, 0.15) is 6.61 Å². The summed E-state index contributed by atoms with van der Waals surface area (Å²) in [5.74, 6) is -2.55. The minimum atomic E-state index is -0.907. The van der Waals surface area contributed by atoms with Crippen LogP contribution in [0.2, 0.25) is 0 Å². The van der Waals surface area contributed by atoms with Crippen molar-refractivity contribution in [2.45, 2.75) is 40.2 Å². The Labute approximate surface area is 248 Å². The van der Waals surface area contributed by atoms with Crippen molar-refractivity contribution in [3.63, 3.8) is 0 Å². The summed E-state index contributed by atoms with van der Waals surface area (Å²) in [7, 11) is 0. The first-order valence-corrected chi connectivity index (χ1v) is 13.0. The van der Waals surface area contributed by atoms with E-state index in [-0.39, 0.29) is 17.8 Å². The fraction of sp³-hybridized carbons (Fsp3) is 0.235. The summed E-state index contributed by atoms with van der Waals surface area (Å²) in [4.78, 5) is 44.8. The van der Waals surface area contributed by atoms with Crippen LogP contribution in [-0.2, 0) is 33.4 Å². The van der Waals surface area contributed by atoms with Crippen LogP contribution in [0.1, 0.15) is 45.2 Å². The molecule has 0 saturated carbocycles. The molecular weight excluding hydrogens is 536 g/mol. The van der Waals surface area contributed by atoms with Gasteiger partial charge in [-0.05, 0) is 44.4 Å². The first-order chi connectivity index (χ1) is 19.9. The average molecular weight is 577 g/mol. The lowest BCUT2D eigenvalue weighted by atomic mass is 10.1. The van der Waals surface area contributed by atoms with Gasteiger partial charge in [-0.25, -0.2) is 19.2 Å². The van der Waals surface area contributed by atoms with Crippen molar-refractivity contribution < 1.29 is 38.5 Å². The van der Waals surface area contributed by atoms with Gasteiger partial charge >= 0.3 is 23.9 Å².